The topological polar surface area (TPSA) is 60.2 Å². The van der Waals surface area contributed by atoms with Crippen LogP contribution in [0.5, 0.6) is 0 Å². The summed E-state index contributed by atoms with van der Waals surface area (Å²) in [6.07, 6.45) is 6.02. The third-order valence-electron chi connectivity index (χ3n) is 3.36. The summed E-state index contributed by atoms with van der Waals surface area (Å²) in [5, 5.41) is 7.42. The highest BCUT2D eigenvalue weighted by Crippen LogP contribution is 2.20. The van der Waals surface area contributed by atoms with Crippen molar-refractivity contribution in [2.75, 3.05) is 13.7 Å². The van der Waals surface area contributed by atoms with Gasteiger partial charge >= 0.3 is 0 Å². The number of nitrogens with one attached hydrogen (secondary N) is 1. The van der Waals surface area contributed by atoms with Gasteiger partial charge in [-0.1, -0.05) is 5.16 Å². The molecule has 0 amide bonds. The van der Waals surface area contributed by atoms with Gasteiger partial charge in [0.25, 0.3) is 0 Å². The van der Waals surface area contributed by atoms with Crippen LogP contribution < -0.4 is 5.32 Å². The lowest BCUT2D eigenvalue weighted by Crippen LogP contribution is -2.36. The van der Waals surface area contributed by atoms with Gasteiger partial charge in [0.05, 0.1) is 6.10 Å². The Morgan fingerprint density at radius 2 is 2.12 bits per heavy atom. The molecule has 17 heavy (non-hydrogen) atoms. The van der Waals surface area contributed by atoms with Gasteiger partial charge in [0, 0.05) is 33.0 Å². The maximum absolute atomic E-state index is 5.36. The minimum Gasteiger partial charge on any atom is -0.381 e. The summed E-state index contributed by atoms with van der Waals surface area (Å²) < 4.78 is 10.3. The molecule has 1 heterocycles. The van der Waals surface area contributed by atoms with E-state index in [4.69, 9.17) is 9.26 Å². The van der Waals surface area contributed by atoms with Crippen molar-refractivity contribution in [3.05, 3.63) is 11.7 Å². The minimum atomic E-state index is 0.466. The fraction of sp³-hybridized carbons (Fsp3) is 0.833. The zero-order valence-electron chi connectivity index (χ0n) is 10.6. The SMILES string of the molecule is COC1CCC(NCCc2noc(C)n2)CC1. The predicted molar refractivity (Wildman–Crippen MR) is 63.8 cm³/mol. The fourth-order valence-corrected chi connectivity index (χ4v) is 2.33. The van der Waals surface area contributed by atoms with Gasteiger partial charge in [-0.25, -0.2) is 0 Å². The van der Waals surface area contributed by atoms with Gasteiger partial charge in [-0.3, -0.25) is 0 Å². The predicted octanol–water partition coefficient (Wildman–Crippen LogP) is 1.47. The number of methoxy groups -OCH3 is 1. The van der Waals surface area contributed by atoms with Gasteiger partial charge in [0.2, 0.25) is 5.89 Å². The Kier molecular flexibility index (Phi) is 4.50. The summed E-state index contributed by atoms with van der Waals surface area (Å²) in [5.74, 6) is 1.43. The summed E-state index contributed by atoms with van der Waals surface area (Å²) in [6, 6.07) is 0.620. The van der Waals surface area contributed by atoms with Crippen LogP contribution in [0.2, 0.25) is 0 Å². The molecule has 0 aliphatic heterocycles. The molecular weight excluding hydrogens is 218 g/mol. The number of hydrogen-bond acceptors (Lipinski definition) is 5. The van der Waals surface area contributed by atoms with E-state index in [1.807, 2.05) is 6.92 Å². The molecule has 0 saturated heterocycles. The second kappa shape index (κ2) is 6.12. The van der Waals surface area contributed by atoms with E-state index in [2.05, 4.69) is 15.5 Å². The molecule has 0 radical (unpaired) electrons. The maximum atomic E-state index is 5.36. The van der Waals surface area contributed by atoms with Crippen LogP contribution in [0, 0.1) is 6.92 Å². The largest absolute Gasteiger partial charge is 0.381 e. The van der Waals surface area contributed by atoms with E-state index in [1.165, 1.54) is 12.8 Å². The highest BCUT2D eigenvalue weighted by Gasteiger charge is 2.20. The Morgan fingerprint density at radius 1 is 1.35 bits per heavy atom. The van der Waals surface area contributed by atoms with Crippen LogP contribution >= 0.6 is 0 Å². The number of aryl methyl sites for hydroxylation is 1. The Balaban J connectivity index is 1.63. The number of aromatic nitrogens is 2. The molecule has 1 aliphatic carbocycles. The number of rotatable bonds is 5. The average molecular weight is 239 g/mol. The van der Waals surface area contributed by atoms with Crippen LogP contribution in [0.3, 0.4) is 0 Å². The number of nitrogens with zero attached hydrogens (tertiary/aromatic N) is 2. The summed E-state index contributed by atoms with van der Waals surface area (Å²) >= 11 is 0. The molecule has 5 heteroatoms. The molecule has 1 aromatic heterocycles. The van der Waals surface area contributed by atoms with Crippen LogP contribution in [-0.4, -0.2) is 35.9 Å². The first kappa shape index (κ1) is 12.5. The molecule has 2 rings (SSSR count). The molecule has 0 spiro atoms. The molecule has 0 bridgehead atoms. The van der Waals surface area contributed by atoms with Crippen LogP contribution in [0.25, 0.3) is 0 Å². The van der Waals surface area contributed by atoms with Gasteiger partial charge in [-0.15, -0.1) is 0 Å². The molecule has 96 valence electrons. The van der Waals surface area contributed by atoms with Crippen molar-refractivity contribution in [3.63, 3.8) is 0 Å². The Labute approximate surface area is 102 Å². The van der Waals surface area contributed by atoms with Crippen molar-refractivity contribution >= 4 is 0 Å². The third-order valence-corrected chi connectivity index (χ3v) is 3.36. The first-order valence-corrected chi connectivity index (χ1v) is 6.33. The van der Waals surface area contributed by atoms with E-state index in [-0.39, 0.29) is 0 Å². The van der Waals surface area contributed by atoms with E-state index >= 15 is 0 Å². The van der Waals surface area contributed by atoms with E-state index in [9.17, 15) is 0 Å². The summed E-state index contributed by atoms with van der Waals surface area (Å²) in [6.45, 7) is 2.73. The zero-order valence-corrected chi connectivity index (χ0v) is 10.6. The highest BCUT2D eigenvalue weighted by atomic mass is 16.5. The van der Waals surface area contributed by atoms with Crippen LogP contribution in [0.1, 0.15) is 37.4 Å². The van der Waals surface area contributed by atoms with Crippen molar-refractivity contribution in [3.8, 4) is 0 Å². The first-order valence-electron chi connectivity index (χ1n) is 6.33. The minimum absolute atomic E-state index is 0.466. The number of ether oxygens (including phenoxy) is 1. The molecule has 1 fully saturated rings. The molecule has 0 atom stereocenters. The number of hydrogen-bond donors (Lipinski definition) is 1. The smallest absolute Gasteiger partial charge is 0.223 e. The Hall–Kier alpha value is -0.940. The van der Waals surface area contributed by atoms with E-state index in [0.29, 0.717) is 18.0 Å². The maximum Gasteiger partial charge on any atom is 0.223 e. The molecular formula is C12H21N3O2. The average Bonchev–Trinajstić information content (AvgIpc) is 2.76. The van der Waals surface area contributed by atoms with Crippen molar-refractivity contribution in [2.24, 2.45) is 0 Å². The Bertz CT molecular complexity index is 332. The van der Waals surface area contributed by atoms with Gasteiger partial charge < -0.3 is 14.6 Å². The second-order valence-electron chi connectivity index (χ2n) is 4.64. The molecule has 1 aliphatic rings. The van der Waals surface area contributed by atoms with Gasteiger partial charge in [0.15, 0.2) is 5.82 Å². The highest BCUT2D eigenvalue weighted by molar-refractivity contribution is 4.85. The third kappa shape index (κ3) is 3.78. The van der Waals surface area contributed by atoms with Crippen LogP contribution in [-0.2, 0) is 11.2 Å². The lowest BCUT2D eigenvalue weighted by molar-refractivity contribution is 0.0626. The van der Waals surface area contributed by atoms with E-state index in [0.717, 1.165) is 31.6 Å². The van der Waals surface area contributed by atoms with Gasteiger partial charge in [-0.05, 0) is 25.7 Å². The summed E-state index contributed by atoms with van der Waals surface area (Å²) in [4.78, 5) is 4.18. The van der Waals surface area contributed by atoms with Crippen molar-refractivity contribution in [2.45, 2.75) is 51.2 Å². The van der Waals surface area contributed by atoms with Crippen LogP contribution in [0.15, 0.2) is 4.52 Å². The van der Waals surface area contributed by atoms with Gasteiger partial charge in [0.1, 0.15) is 0 Å². The molecule has 5 nitrogen and oxygen atoms in total. The lowest BCUT2D eigenvalue weighted by atomic mass is 9.93. The van der Waals surface area contributed by atoms with E-state index < -0.39 is 0 Å². The molecule has 1 aromatic rings. The molecule has 0 aromatic carbocycles. The quantitative estimate of drug-likeness (QED) is 0.843. The van der Waals surface area contributed by atoms with Crippen molar-refractivity contribution < 1.29 is 9.26 Å². The molecule has 0 unspecified atom stereocenters. The fourth-order valence-electron chi connectivity index (χ4n) is 2.33. The monoisotopic (exact) mass is 239 g/mol. The molecule has 1 N–H and O–H groups in total. The van der Waals surface area contributed by atoms with Crippen molar-refractivity contribution in [1.82, 2.24) is 15.5 Å². The van der Waals surface area contributed by atoms with Crippen LogP contribution in [0.4, 0.5) is 0 Å². The Morgan fingerprint density at radius 3 is 2.71 bits per heavy atom. The second-order valence-corrected chi connectivity index (χ2v) is 4.64. The standard InChI is InChI=1S/C12H21N3O2/c1-9-14-12(15-17-9)7-8-13-10-3-5-11(16-2)6-4-10/h10-11,13H,3-8H2,1-2H3. The van der Waals surface area contributed by atoms with Crippen molar-refractivity contribution in [1.29, 1.82) is 0 Å². The van der Waals surface area contributed by atoms with E-state index in [1.54, 1.807) is 7.11 Å². The lowest BCUT2D eigenvalue weighted by Gasteiger charge is -2.28. The first-order chi connectivity index (χ1) is 8.28. The molecule has 1 saturated carbocycles. The zero-order chi connectivity index (χ0) is 12.1. The summed E-state index contributed by atoms with van der Waals surface area (Å²) in [5.41, 5.74) is 0. The normalized spacial score (nSPS) is 25.1. The summed E-state index contributed by atoms with van der Waals surface area (Å²) in [7, 11) is 1.80. The van der Waals surface area contributed by atoms with Gasteiger partial charge in [-0.2, -0.15) is 4.98 Å².